The van der Waals surface area contributed by atoms with Crippen molar-refractivity contribution < 1.29 is 5.11 Å². The summed E-state index contributed by atoms with van der Waals surface area (Å²) in [6.07, 6.45) is 6.37. The van der Waals surface area contributed by atoms with Gasteiger partial charge in [-0.3, -0.25) is 0 Å². The molecule has 1 aliphatic carbocycles. The first-order valence-corrected chi connectivity index (χ1v) is 10.1. The normalized spacial score (nSPS) is 22.2. The standard InChI is InChI=1S/C19H20Cl2N6O/c1-19(28)4-5-26(10-19)16-7-14-11(6-13(16)20)8-22-18(24-14)25-15-9-23-27(17(15)21)12-2-3-12/h6-9,12,28H,2-5,10H2,1H3,(H,22,24,25). The summed E-state index contributed by atoms with van der Waals surface area (Å²) in [6.45, 7) is 3.15. The van der Waals surface area contributed by atoms with Gasteiger partial charge in [-0.25, -0.2) is 14.6 Å². The molecule has 0 bridgehead atoms. The Kier molecular flexibility index (Phi) is 4.15. The summed E-state index contributed by atoms with van der Waals surface area (Å²) < 4.78 is 1.84. The molecule has 2 aromatic heterocycles. The number of nitrogens with zero attached hydrogens (tertiary/aromatic N) is 5. The first kappa shape index (κ1) is 18.0. The molecule has 1 aromatic carbocycles. The second kappa shape index (κ2) is 6.47. The van der Waals surface area contributed by atoms with Crippen molar-refractivity contribution in [1.82, 2.24) is 19.7 Å². The fourth-order valence-electron chi connectivity index (χ4n) is 3.62. The zero-order valence-electron chi connectivity index (χ0n) is 15.4. The van der Waals surface area contributed by atoms with Crippen LogP contribution >= 0.6 is 23.2 Å². The van der Waals surface area contributed by atoms with Crippen LogP contribution in [0.4, 0.5) is 17.3 Å². The SMILES string of the molecule is CC1(O)CCN(c2cc3nc(Nc4cnn(C5CC5)c4Cl)ncc3cc2Cl)C1. The van der Waals surface area contributed by atoms with Crippen molar-refractivity contribution in [1.29, 1.82) is 0 Å². The van der Waals surface area contributed by atoms with Gasteiger partial charge in [-0.15, -0.1) is 0 Å². The molecular weight excluding hydrogens is 399 g/mol. The van der Waals surface area contributed by atoms with Gasteiger partial charge < -0.3 is 15.3 Å². The van der Waals surface area contributed by atoms with Crippen LogP contribution in [0.3, 0.4) is 0 Å². The Labute approximate surface area is 172 Å². The fraction of sp³-hybridized carbons (Fsp3) is 0.421. The van der Waals surface area contributed by atoms with Gasteiger partial charge in [0.25, 0.3) is 0 Å². The summed E-state index contributed by atoms with van der Waals surface area (Å²) in [6, 6.07) is 4.21. The summed E-state index contributed by atoms with van der Waals surface area (Å²) in [4.78, 5) is 11.1. The van der Waals surface area contributed by atoms with Crippen molar-refractivity contribution in [3.63, 3.8) is 0 Å². The third kappa shape index (κ3) is 3.27. The zero-order chi connectivity index (χ0) is 19.5. The first-order chi connectivity index (χ1) is 13.4. The van der Waals surface area contributed by atoms with Gasteiger partial charge in [-0.1, -0.05) is 23.2 Å². The molecule has 1 atom stereocenters. The van der Waals surface area contributed by atoms with Crippen LogP contribution in [0, 0.1) is 0 Å². The summed E-state index contributed by atoms with van der Waals surface area (Å²) in [7, 11) is 0. The van der Waals surface area contributed by atoms with Crippen molar-refractivity contribution >= 4 is 51.4 Å². The Morgan fingerprint density at radius 3 is 2.79 bits per heavy atom. The highest BCUT2D eigenvalue weighted by atomic mass is 35.5. The molecule has 28 heavy (non-hydrogen) atoms. The third-order valence-electron chi connectivity index (χ3n) is 5.31. The van der Waals surface area contributed by atoms with Crippen molar-refractivity contribution in [3.05, 3.63) is 34.7 Å². The number of anilines is 3. The molecule has 1 saturated heterocycles. The number of halogens is 2. The Morgan fingerprint density at radius 2 is 2.07 bits per heavy atom. The van der Waals surface area contributed by atoms with Gasteiger partial charge >= 0.3 is 0 Å². The molecule has 0 radical (unpaired) electrons. The molecule has 146 valence electrons. The summed E-state index contributed by atoms with van der Waals surface area (Å²) >= 11 is 12.9. The summed E-state index contributed by atoms with van der Waals surface area (Å²) in [5.41, 5.74) is 1.64. The molecule has 0 amide bonds. The van der Waals surface area contributed by atoms with Crippen LogP contribution in [0.2, 0.25) is 10.2 Å². The van der Waals surface area contributed by atoms with E-state index < -0.39 is 5.60 Å². The van der Waals surface area contributed by atoms with Gasteiger partial charge in [0.15, 0.2) is 5.15 Å². The molecule has 2 aliphatic rings. The van der Waals surface area contributed by atoms with E-state index in [1.807, 2.05) is 23.7 Å². The molecule has 0 spiro atoms. The van der Waals surface area contributed by atoms with Crippen LogP contribution in [0.15, 0.2) is 24.5 Å². The van der Waals surface area contributed by atoms with Crippen molar-refractivity contribution in [2.24, 2.45) is 0 Å². The molecule has 5 rings (SSSR count). The number of fused-ring (bicyclic) bond motifs is 1. The van der Waals surface area contributed by atoms with E-state index in [1.54, 1.807) is 12.4 Å². The van der Waals surface area contributed by atoms with E-state index in [0.717, 1.165) is 36.0 Å². The lowest BCUT2D eigenvalue weighted by Gasteiger charge is -2.22. The second-order valence-corrected chi connectivity index (χ2v) is 8.64. The molecule has 1 saturated carbocycles. The number of rotatable bonds is 4. The van der Waals surface area contributed by atoms with E-state index in [9.17, 15) is 5.11 Å². The highest BCUT2D eigenvalue weighted by Crippen LogP contribution is 2.39. The maximum Gasteiger partial charge on any atom is 0.227 e. The van der Waals surface area contributed by atoms with Crippen molar-refractivity contribution in [3.8, 4) is 0 Å². The largest absolute Gasteiger partial charge is 0.388 e. The van der Waals surface area contributed by atoms with E-state index in [0.29, 0.717) is 40.8 Å². The van der Waals surface area contributed by atoms with Gasteiger partial charge in [-0.05, 0) is 38.3 Å². The van der Waals surface area contributed by atoms with Crippen molar-refractivity contribution in [2.75, 3.05) is 23.3 Å². The molecule has 7 nitrogen and oxygen atoms in total. The minimum atomic E-state index is -0.699. The Hall–Kier alpha value is -2.09. The Morgan fingerprint density at radius 1 is 1.25 bits per heavy atom. The van der Waals surface area contributed by atoms with E-state index in [2.05, 4.69) is 25.3 Å². The lowest BCUT2D eigenvalue weighted by Crippen LogP contribution is -2.29. The van der Waals surface area contributed by atoms with E-state index in [-0.39, 0.29) is 0 Å². The zero-order valence-corrected chi connectivity index (χ0v) is 16.9. The molecule has 2 fully saturated rings. The molecule has 1 unspecified atom stereocenters. The smallest absolute Gasteiger partial charge is 0.227 e. The number of nitrogens with one attached hydrogen (secondary N) is 1. The maximum atomic E-state index is 10.3. The number of benzene rings is 1. The number of aromatic nitrogens is 4. The summed E-state index contributed by atoms with van der Waals surface area (Å²) in [5, 5.41) is 19.8. The van der Waals surface area contributed by atoms with Crippen LogP contribution in [0.5, 0.6) is 0 Å². The average molecular weight is 419 g/mol. The molecular formula is C19H20Cl2N6O. The molecule has 3 aromatic rings. The molecule has 1 aliphatic heterocycles. The first-order valence-electron chi connectivity index (χ1n) is 9.33. The van der Waals surface area contributed by atoms with Gasteiger partial charge in [-0.2, -0.15) is 5.10 Å². The predicted octanol–water partition coefficient (Wildman–Crippen LogP) is 4.17. The highest BCUT2D eigenvalue weighted by Gasteiger charge is 2.32. The van der Waals surface area contributed by atoms with Crippen molar-refractivity contribution in [2.45, 2.75) is 37.8 Å². The number of aliphatic hydroxyl groups is 1. The topological polar surface area (TPSA) is 79.1 Å². The number of hydrogen-bond donors (Lipinski definition) is 2. The summed E-state index contributed by atoms with van der Waals surface area (Å²) in [5.74, 6) is 0.450. The van der Waals surface area contributed by atoms with E-state index in [1.165, 1.54) is 0 Å². The maximum absolute atomic E-state index is 10.3. The Bertz CT molecular complexity index is 1060. The van der Waals surface area contributed by atoms with Crippen LogP contribution in [0.25, 0.3) is 10.9 Å². The minimum absolute atomic E-state index is 0.406. The Balaban J connectivity index is 1.46. The minimum Gasteiger partial charge on any atom is -0.388 e. The van der Waals surface area contributed by atoms with Crippen LogP contribution < -0.4 is 10.2 Å². The lowest BCUT2D eigenvalue weighted by molar-refractivity contribution is 0.0839. The lowest BCUT2D eigenvalue weighted by atomic mass is 10.1. The second-order valence-electron chi connectivity index (χ2n) is 7.87. The fourth-order valence-corrected chi connectivity index (χ4v) is 4.19. The number of β-amino-alcohol motifs (C(OH)–C–C–N with tert-alkyl or cyclic N) is 1. The van der Waals surface area contributed by atoms with Crippen LogP contribution in [0.1, 0.15) is 32.2 Å². The number of hydrogen-bond acceptors (Lipinski definition) is 6. The molecule has 9 heteroatoms. The highest BCUT2D eigenvalue weighted by molar-refractivity contribution is 6.34. The predicted molar refractivity (Wildman–Crippen MR) is 111 cm³/mol. The van der Waals surface area contributed by atoms with Gasteiger partial charge in [0.2, 0.25) is 5.95 Å². The average Bonchev–Trinajstić information content (AvgIpc) is 3.34. The van der Waals surface area contributed by atoms with Gasteiger partial charge in [0, 0.05) is 24.7 Å². The third-order valence-corrected chi connectivity index (χ3v) is 5.99. The van der Waals surface area contributed by atoms with Gasteiger partial charge in [0.05, 0.1) is 39.8 Å². The van der Waals surface area contributed by atoms with E-state index >= 15 is 0 Å². The molecule has 2 N–H and O–H groups in total. The van der Waals surface area contributed by atoms with Gasteiger partial charge in [0.1, 0.15) is 0 Å². The van der Waals surface area contributed by atoms with Crippen LogP contribution in [-0.2, 0) is 0 Å². The quantitative estimate of drug-likeness (QED) is 0.661. The molecule has 3 heterocycles. The van der Waals surface area contributed by atoms with Crippen LogP contribution in [-0.4, -0.2) is 43.5 Å². The monoisotopic (exact) mass is 418 g/mol. The van der Waals surface area contributed by atoms with E-state index in [4.69, 9.17) is 23.2 Å².